The molecule has 0 aliphatic carbocycles. The highest BCUT2D eigenvalue weighted by Crippen LogP contribution is 2.27. The molecule has 1 aromatic heterocycles. The van der Waals surface area contributed by atoms with Crippen LogP contribution in [0.25, 0.3) is 0 Å². The standard InChI is InChI=1S/C16H18FN3O3/c1-9(2)23-16-19-7-11(8-20-16)13(14(18)15(21)22)10-3-5-12(17)6-4-10/h3-9,13-14H,18H2,1-2H3,(H,21,22)/t13-,14-/m0/s1. The molecule has 0 unspecified atom stereocenters. The lowest BCUT2D eigenvalue weighted by atomic mass is 9.87. The first-order valence-electron chi connectivity index (χ1n) is 7.11. The van der Waals surface area contributed by atoms with Crippen molar-refractivity contribution in [3.05, 3.63) is 53.6 Å². The van der Waals surface area contributed by atoms with Gasteiger partial charge in [-0.1, -0.05) is 12.1 Å². The first kappa shape index (κ1) is 16.8. The Bertz CT molecular complexity index is 659. The molecule has 2 aromatic rings. The van der Waals surface area contributed by atoms with E-state index < -0.39 is 23.7 Å². The van der Waals surface area contributed by atoms with Gasteiger partial charge in [-0.05, 0) is 37.1 Å². The summed E-state index contributed by atoms with van der Waals surface area (Å²) in [5, 5.41) is 9.24. The van der Waals surface area contributed by atoms with Crippen molar-refractivity contribution < 1.29 is 19.0 Å². The van der Waals surface area contributed by atoms with Crippen molar-refractivity contribution in [2.24, 2.45) is 5.73 Å². The monoisotopic (exact) mass is 319 g/mol. The number of aliphatic carboxylic acids is 1. The number of benzene rings is 1. The molecule has 0 aliphatic heterocycles. The van der Waals surface area contributed by atoms with Crippen molar-refractivity contribution in [1.29, 1.82) is 0 Å². The highest BCUT2D eigenvalue weighted by atomic mass is 19.1. The van der Waals surface area contributed by atoms with Gasteiger partial charge in [-0.25, -0.2) is 14.4 Å². The van der Waals surface area contributed by atoms with Crippen LogP contribution in [-0.2, 0) is 4.79 Å². The van der Waals surface area contributed by atoms with Crippen LogP contribution in [0.4, 0.5) is 4.39 Å². The minimum Gasteiger partial charge on any atom is -0.480 e. The van der Waals surface area contributed by atoms with Crippen LogP contribution in [0.2, 0.25) is 0 Å². The van der Waals surface area contributed by atoms with E-state index in [-0.39, 0.29) is 12.1 Å². The van der Waals surface area contributed by atoms with Crippen LogP contribution in [0, 0.1) is 5.82 Å². The van der Waals surface area contributed by atoms with Gasteiger partial charge in [-0.2, -0.15) is 0 Å². The Morgan fingerprint density at radius 1 is 1.17 bits per heavy atom. The summed E-state index contributed by atoms with van der Waals surface area (Å²) in [7, 11) is 0. The highest BCUT2D eigenvalue weighted by molar-refractivity contribution is 5.75. The van der Waals surface area contributed by atoms with E-state index in [4.69, 9.17) is 10.5 Å². The van der Waals surface area contributed by atoms with Crippen LogP contribution in [0.1, 0.15) is 30.9 Å². The van der Waals surface area contributed by atoms with E-state index in [1.165, 1.54) is 36.7 Å². The molecule has 0 aliphatic rings. The van der Waals surface area contributed by atoms with Gasteiger partial charge in [0.15, 0.2) is 0 Å². The van der Waals surface area contributed by atoms with Crippen molar-refractivity contribution in [1.82, 2.24) is 9.97 Å². The maximum Gasteiger partial charge on any atom is 0.321 e. The van der Waals surface area contributed by atoms with E-state index in [1.807, 2.05) is 13.8 Å². The molecule has 0 spiro atoms. The van der Waals surface area contributed by atoms with Gasteiger partial charge >= 0.3 is 12.0 Å². The Labute approximate surface area is 133 Å². The van der Waals surface area contributed by atoms with Gasteiger partial charge in [0, 0.05) is 18.3 Å². The second-order valence-electron chi connectivity index (χ2n) is 5.36. The molecule has 7 heteroatoms. The molecule has 2 atom stereocenters. The van der Waals surface area contributed by atoms with Crippen LogP contribution < -0.4 is 10.5 Å². The fraction of sp³-hybridized carbons (Fsp3) is 0.312. The normalized spacial score (nSPS) is 13.6. The van der Waals surface area contributed by atoms with E-state index in [2.05, 4.69) is 9.97 Å². The molecule has 122 valence electrons. The smallest absolute Gasteiger partial charge is 0.321 e. The fourth-order valence-electron chi connectivity index (χ4n) is 2.18. The van der Waals surface area contributed by atoms with Crippen LogP contribution in [0.5, 0.6) is 6.01 Å². The first-order valence-corrected chi connectivity index (χ1v) is 7.11. The lowest BCUT2D eigenvalue weighted by Gasteiger charge is -2.21. The van der Waals surface area contributed by atoms with Crippen LogP contribution in [0.3, 0.4) is 0 Å². The van der Waals surface area contributed by atoms with E-state index in [0.717, 1.165) is 0 Å². The summed E-state index contributed by atoms with van der Waals surface area (Å²) in [5.74, 6) is -2.27. The Morgan fingerprint density at radius 2 is 1.74 bits per heavy atom. The SMILES string of the molecule is CC(C)Oc1ncc([C@H](c2ccc(F)cc2)[C@H](N)C(=O)O)cn1. The van der Waals surface area contributed by atoms with E-state index in [0.29, 0.717) is 11.1 Å². The third kappa shape index (κ3) is 4.23. The highest BCUT2D eigenvalue weighted by Gasteiger charge is 2.28. The van der Waals surface area contributed by atoms with Crippen LogP contribution in [-0.4, -0.2) is 33.2 Å². The molecule has 3 N–H and O–H groups in total. The van der Waals surface area contributed by atoms with Gasteiger partial charge in [0.2, 0.25) is 0 Å². The number of halogens is 1. The van der Waals surface area contributed by atoms with Crippen LogP contribution in [0.15, 0.2) is 36.7 Å². The average molecular weight is 319 g/mol. The Hall–Kier alpha value is -2.54. The minimum atomic E-state index is -1.21. The molecule has 0 fully saturated rings. The maximum atomic E-state index is 13.1. The number of rotatable bonds is 6. The molecule has 6 nitrogen and oxygen atoms in total. The number of carboxylic acids is 1. The van der Waals surface area contributed by atoms with Crippen molar-refractivity contribution in [3.8, 4) is 6.01 Å². The number of nitrogens with two attached hydrogens (primary N) is 1. The average Bonchev–Trinajstić information content (AvgIpc) is 2.50. The number of carboxylic acid groups (broad SMARTS) is 1. The largest absolute Gasteiger partial charge is 0.480 e. The van der Waals surface area contributed by atoms with E-state index in [9.17, 15) is 14.3 Å². The molecular formula is C16H18FN3O3. The molecule has 2 rings (SSSR count). The molecule has 0 bridgehead atoms. The molecule has 0 amide bonds. The van der Waals surface area contributed by atoms with Crippen molar-refractivity contribution in [3.63, 3.8) is 0 Å². The minimum absolute atomic E-state index is 0.0741. The fourth-order valence-corrected chi connectivity index (χ4v) is 2.18. The number of ether oxygens (including phenoxy) is 1. The number of hydrogen-bond donors (Lipinski definition) is 2. The zero-order valence-corrected chi connectivity index (χ0v) is 12.8. The van der Waals surface area contributed by atoms with Gasteiger partial charge in [0.25, 0.3) is 0 Å². The predicted octanol–water partition coefficient (Wildman–Crippen LogP) is 1.95. The number of nitrogens with zero attached hydrogens (tertiary/aromatic N) is 2. The van der Waals surface area contributed by atoms with Gasteiger partial charge in [0.1, 0.15) is 11.9 Å². The molecule has 1 heterocycles. The molecule has 23 heavy (non-hydrogen) atoms. The summed E-state index contributed by atoms with van der Waals surface area (Å²) in [6.45, 7) is 3.69. The van der Waals surface area contributed by atoms with Gasteiger partial charge in [0.05, 0.1) is 6.10 Å². The van der Waals surface area contributed by atoms with Crippen molar-refractivity contribution >= 4 is 5.97 Å². The second kappa shape index (κ2) is 7.15. The zero-order valence-electron chi connectivity index (χ0n) is 12.8. The van der Waals surface area contributed by atoms with E-state index >= 15 is 0 Å². The summed E-state index contributed by atoms with van der Waals surface area (Å²) in [6.07, 6.45) is 2.87. The Balaban J connectivity index is 2.37. The van der Waals surface area contributed by atoms with Crippen molar-refractivity contribution in [2.75, 3.05) is 0 Å². The van der Waals surface area contributed by atoms with Gasteiger partial charge < -0.3 is 15.6 Å². The quantitative estimate of drug-likeness (QED) is 0.844. The van der Waals surface area contributed by atoms with E-state index in [1.54, 1.807) is 0 Å². The molecular weight excluding hydrogens is 301 g/mol. The Kier molecular flexibility index (Phi) is 5.23. The third-order valence-corrected chi connectivity index (χ3v) is 3.22. The maximum absolute atomic E-state index is 13.1. The molecule has 0 radical (unpaired) electrons. The summed E-state index contributed by atoms with van der Waals surface area (Å²) >= 11 is 0. The molecule has 0 saturated carbocycles. The third-order valence-electron chi connectivity index (χ3n) is 3.22. The van der Waals surface area contributed by atoms with Crippen LogP contribution >= 0.6 is 0 Å². The number of hydrogen-bond acceptors (Lipinski definition) is 5. The lowest BCUT2D eigenvalue weighted by molar-refractivity contribution is -0.138. The molecule has 1 aromatic carbocycles. The summed E-state index contributed by atoms with van der Waals surface area (Å²) in [6, 6.07) is 4.51. The summed E-state index contributed by atoms with van der Waals surface area (Å²) in [4.78, 5) is 19.4. The molecule has 0 saturated heterocycles. The zero-order chi connectivity index (χ0) is 17.0. The lowest BCUT2D eigenvalue weighted by Crippen LogP contribution is -2.37. The first-order chi connectivity index (χ1) is 10.9. The Morgan fingerprint density at radius 3 is 2.22 bits per heavy atom. The van der Waals surface area contributed by atoms with Gasteiger partial charge in [-0.15, -0.1) is 0 Å². The number of carbonyl (C=O) groups is 1. The van der Waals surface area contributed by atoms with Gasteiger partial charge in [-0.3, -0.25) is 4.79 Å². The topological polar surface area (TPSA) is 98.3 Å². The summed E-state index contributed by atoms with van der Waals surface area (Å²) in [5.41, 5.74) is 6.89. The van der Waals surface area contributed by atoms with Crippen molar-refractivity contribution in [2.45, 2.75) is 31.9 Å². The summed E-state index contributed by atoms with van der Waals surface area (Å²) < 4.78 is 18.5. The predicted molar refractivity (Wildman–Crippen MR) is 81.7 cm³/mol. The second-order valence-corrected chi connectivity index (χ2v) is 5.36. The number of aromatic nitrogens is 2.